The van der Waals surface area contributed by atoms with Crippen LogP contribution >= 0.6 is 0 Å². The second-order valence-corrected chi connectivity index (χ2v) is 1.93. The largest absolute Gasteiger partial charge is 0.411 e. The van der Waals surface area contributed by atoms with E-state index >= 15 is 0 Å². The summed E-state index contributed by atoms with van der Waals surface area (Å²) in [6, 6.07) is 3.63. The molecule has 1 rings (SSSR count). The Hall–Kier alpha value is -1.38. The molecule has 0 aliphatic heterocycles. The first-order valence-electron chi connectivity index (χ1n) is 2.93. The molecule has 0 aliphatic rings. The lowest BCUT2D eigenvalue weighted by Gasteiger charge is -1.93. The Bertz CT molecular complexity index is 231. The normalized spacial score (nSPS) is 11.5. The molecular formula is C7H8N2O. The van der Waals surface area contributed by atoms with E-state index in [0.29, 0.717) is 5.71 Å². The molecule has 52 valence electrons. The smallest absolute Gasteiger partial charge is 0.0852 e. The van der Waals surface area contributed by atoms with Gasteiger partial charge in [-0.15, -0.1) is 0 Å². The fraction of sp³-hybridized carbons (Fsp3) is 0.143. The number of nitrogens with zero attached hydrogens (tertiary/aromatic N) is 2. The van der Waals surface area contributed by atoms with Gasteiger partial charge < -0.3 is 5.21 Å². The van der Waals surface area contributed by atoms with Crippen molar-refractivity contribution in [1.82, 2.24) is 4.98 Å². The number of pyridine rings is 1. The molecule has 3 heteroatoms. The van der Waals surface area contributed by atoms with Gasteiger partial charge in [-0.05, 0) is 19.1 Å². The molecule has 1 N–H and O–H groups in total. The Morgan fingerprint density at radius 1 is 1.70 bits per heavy atom. The maximum absolute atomic E-state index is 8.35. The second-order valence-electron chi connectivity index (χ2n) is 1.93. The van der Waals surface area contributed by atoms with Gasteiger partial charge in [0.1, 0.15) is 0 Å². The Labute approximate surface area is 59.0 Å². The summed E-state index contributed by atoms with van der Waals surface area (Å²) in [5, 5.41) is 11.4. The number of hydrogen-bond donors (Lipinski definition) is 1. The van der Waals surface area contributed by atoms with Crippen molar-refractivity contribution in [3.05, 3.63) is 30.1 Å². The summed E-state index contributed by atoms with van der Waals surface area (Å²) in [4.78, 5) is 3.86. The van der Waals surface area contributed by atoms with Crippen molar-refractivity contribution < 1.29 is 5.21 Å². The average molecular weight is 136 g/mol. The van der Waals surface area contributed by atoms with Gasteiger partial charge in [-0.25, -0.2) is 0 Å². The molecule has 0 saturated carbocycles. The third-order valence-electron chi connectivity index (χ3n) is 1.23. The summed E-state index contributed by atoms with van der Waals surface area (Å²) >= 11 is 0. The fourth-order valence-corrected chi connectivity index (χ4v) is 0.635. The van der Waals surface area contributed by atoms with Gasteiger partial charge in [0.2, 0.25) is 0 Å². The lowest BCUT2D eigenvalue weighted by atomic mass is 10.2. The van der Waals surface area contributed by atoms with Gasteiger partial charge in [0, 0.05) is 18.0 Å². The molecule has 0 fully saturated rings. The fourth-order valence-electron chi connectivity index (χ4n) is 0.635. The van der Waals surface area contributed by atoms with Crippen LogP contribution in [0.4, 0.5) is 0 Å². The lowest BCUT2D eigenvalue weighted by molar-refractivity contribution is 0.319. The van der Waals surface area contributed by atoms with Gasteiger partial charge in [0.15, 0.2) is 0 Å². The van der Waals surface area contributed by atoms with Crippen LogP contribution in [0.25, 0.3) is 0 Å². The molecule has 0 amide bonds. The van der Waals surface area contributed by atoms with Crippen molar-refractivity contribution in [3.8, 4) is 0 Å². The zero-order chi connectivity index (χ0) is 7.40. The second kappa shape index (κ2) is 2.96. The minimum Gasteiger partial charge on any atom is -0.411 e. The maximum atomic E-state index is 8.35. The van der Waals surface area contributed by atoms with Crippen molar-refractivity contribution >= 4 is 5.71 Å². The third-order valence-corrected chi connectivity index (χ3v) is 1.23. The van der Waals surface area contributed by atoms with E-state index < -0.39 is 0 Å². The molecule has 0 aromatic carbocycles. The third kappa shape index (κ3) is 1.31. The topological polar surface area (TPSA) is 45.5 Å². The van der Waals surface area contributed by atoms with Gasteiger partial charge in [0.25, 0.3) is 0 Å². The summed E-state index contributed by atoms with van der Waals surface area (Å²) in [6.07, 6.45) is 3.32. The van der Waals surface area contributed by atoms with Crippen LogP contribution in [0.2, 0.25) is 0 Å². The lowest BCUT2D eigenvalue weighted by Crippen LogP contribution is -1.93. The van der Waals surface area contributed by atoms with Gasteiger partial charge in [0.05, 0.1) is 5.71 Å². The summed E-state index contributed by atoms with van der Waals surface area (Å²) in [7, 11) is 0. The minimum atomic E-state index is 0.577. The highest BCUT2D eigenvalue weighted by Crippen LogP contribution is 1.96. The number of hydrogen-bond acceptors (Lipinski definition) is 3. The van der Waals surface area contributed by atoms with E-state index in [9.17, 15) is 0 Å². The zero-order valence-electron chi connectivity index (χ0n) is 5.65. The number of rotatable bonds is 1. The Morgan fingerprint density at radius 3 is 3.00 bits per heavy atom. The monoisotopic (exact) mass is 136 g/mol. The van der Waals surface area contributed by atoms with Crippen molar-refractivity contribution in [2.24, 2.45) is 5.16 Å². The quantitative estimate of drug-likeness (QED) is 0.359. The van der Waals surface area contributed by atoms with Crippen LogP contribution in [0, 0.1) is 0 Å². The molecule has 10 heavy (non-hydrogen) atoms. The molecular weight excluding hydrogens is 128 g/mol. The maximum Gasteiger partial charge on any atom is 0.0852 e. The highest BCUT2D eigenvalue weighted by atomic mass is 16.4. The van der Waals surface area contributed by atoms with Crippen LogP contribution in [0.5, 0.6) is 0 Å². The van der Waals surface area contributed by atoms with Gasteiger partial charge in [-0.3, -0.25) is 4.98 Å². The average Bonchev–Trinajstić information content (AvgIpc) is 2.05. The molecule has 0 saturated heterocycles. The molecule has 0 aliphatic carbocycles. The number of oxime groups is 1. The summed E-state index contributed by atoms with van der Waals surface area (Å²) in [5.74, 6) is 0. The first-order chi connectivity index (χ1) is 4.84. The number of aromatic nitrogens is 1. The van der Waals surface area contributed by atoms with Crippen LogP contribution in [-0.2, 0) is 0 Å². The molecule has 3 nitrogen and oxygen atoms in total. The molecule has 0 radical (unpaired) electrons. The van der Waals surface area contributed by atoms with Gasteiger partial charge in [-0.1, -0.05) is 5.16 Å². The van der Waals surface area contributed by atoms with Crippen LogP contribution in [-0.4, -0.2) is 15.9 Å². The Morgan fingerprint density at radius 2 is 2.50 bits per heavy atom. The summed E-state index contributed by atoms with van der Waals surface area (Å²) in [6.45, 7) is 1.72. The minimum absolute atomic E-state index is 0.577. The van der Waals surface area contributed by atoms with Crippen molar-refractivity contribution in [3.63, 3.8) is 0 Å². The van der Waals surface area contributed by atoms with E-state index in [1.54, 1.807) is 25.4 Å². The van der Waals surface area contributed by atoms with E-state index in [4.69, 9.17) is 5.21 Å². The van der Waals surface area contributed by atoms with Crippen molar-refractivity contribution in [2.45, 2.75) is 6.92 Å². The highest BCUT2D eigenvalue weighted by molar-refractivity contribution is 5.97. The first-order valence-corrected chi connectivity index (χ1v) is 2.93. The molecule has 1 aromatic rings. The summed E-state index contributed by atoms with van der Waals surface area (Å²) in [5.41, 5.74) is 1.41. The predicted molar refractivity (Wildman–Crippen MR) is 38.2 cm³/mol. The van der Waals surface area contributed by atoms with Crippen LogP contribution in [0.15, 0.2) is 29.7 Å². The van der Waals surface area contributed by atoms with Crippen molar-refractivity contribution in [2.75, 3.05) is 0 Å². The van der Waals surface area contributed by atoms with Crippen LogP contribution in [0.1, 0.15) is 12.5 Å². The molecule has 0 bridgehead atoms. The first kappa shape index (κ1) is 6.74. The zero-order valence-corrected chi connectivity index (χ0v) is 5.65. The molecule has 0 atom stereocenters. The standard InChI is InChI=1S/C7H8N2O/c1-6(9-10)7-3-2-4-8-5-7/h2-5,10H,1H3. The van der Waals surface area contributed by atoms with Gasteiger partial charge in [-0.2, -0.15) is 0 Å². The molecule has 0 spiro atoms. The van der Waals surface area contributed by atoms with Crippen LogP contribution in [0.3, 0.4) is 0 Å². The molecule has 1 aromatic heterocycles. The van der Waals surface area contributed by atoms with E-state index in [0.717, 1.165) is 5.56 Å². The SMILES string of the molecule is CC(=NO)c1cccnc1. The van der Waals surface area contributed by atoms with E-state index in [2.05, 4.69) is 10.1 Å². The van der Waals surface area contributed by atoms with Crippen LogP contribution < -0.4 is 0 Å². The predicted octanol–water partition coefficient (Wildman–Crippen LogP) is 1.28. The molecule has 1 heterocycles. The van der Waals surface area contributed by atoms with Gasteiger partial charge >= 0.3 is 0 Å². The van der Waals surface area contributed by atoms with E-state index in [-0.39, 0.29) is 0 Å². The summed E-state index contributed by atoms with van der Waals surface area (Å²) < 4.78 is 0. The van der Waals surface area contributed by atoms with E-state index in [1.165, 1.54) is 0 Å². The highest BCUT2D eigenvalue weighted by Gasteiger charge is 1.93. The van der Waals surface area contributed by atoms with E-state index in [1.807, 2.05) is 6.07 Å². The Kier molecular flexibility index (Phi) is 1.99. The van der Waals surface area contributed by atoms with Crippen molar-refractivity contribution in [1.29, 1.82) is 0 Å². The Balaban J connectivity index is 2.96. The molecule has 0 unspecified atom stereocenters.